The molecule has 76 valence electrons. The normalized spacial score (nSPS) is 25.5. The second kappa shape index (κ2) is 5.68. The maximum atomic E-state index is 5.52. The van der Waals surface area contributed by atoms with Gasteiger partial charge in [0.1, 0.15) is 0 Å². The van der Waals surface area contributed by atoms with Crippen molar-refractivity contribution in [3.05, 3.63) is 12.2 Å². The van der Waals surface area contributed by atoms with E-state index in [1.807, 2.05) is 0 Å². The van der Waals surface area contributed by atoms with Crippen molar-refractivity contribution in [1.82, 2.24) is 4.90 Å². The van der Waals surface area contributed by atoms with Crippen LogP contribution < -0.4 is 5.73 Å². The number of hydrogen-bond donors (Lipinski definition) is 1. The largest absolute Gasteiger partial charge is 0.327 e. The van der Waals surface area contributed by atoms with Gasteiger partial charge < -0.3 is 5.73 Å². The topological polar surface area (TPSA) is 29.3 Å². The first-order valence-electron chi connectivity index (χ1n) is 4.93. The monoisotopic (exact) mass is 200 g/mol. The van der Waals surface area contributed by atoms with Gasteiger partial charge in [-0.05, 0) is 18.5 Å². The number of nitrogens with two attached hydrogens (primary N) is 1. The molecule has 0 spiro atoms. The average molecular weight is 200 g/mol. The first kappa shape index (κ1) is 11.1. The van der Waals surface area contributed by atoms with Crippen LogP contribution in [0.15, 0.2) is 12.2 Å². The van der Waals surface area contributed by atoms with E-state index in [9.17, 15) is 0 Å². The van der Waals surface area contributed by atoms with Gasteiger partial charge >= 0.3 is 0 Å². The molecule has 0 aliphatic carbocycles. The lowest BCUT2D eigenvalue weighted by atomic mass is 10.2. The molecule has 1 aliphatic heterocycles. The highest BCUT2D eigenvalue weighted by Crippen LogP contribution is 2.18. The predicted molar refractivity (Wildman–Crippen MR) is 61.2 cm³/mol. The van der Waals surface area contributed by atoms with E-state index in [0.717, 1.165) is 17.4 Å². The van der Waals surface area contributed by atoms with Crippen molar-refractivity contribution in [3.8, 4) is 0 Å². The molecule has 1 heterocycles. The Morgan fingerprint density at radius 1 is 1.62 bits per heavy atom. The zero-order valence-corrected chi connectivity index (χ0v) is 9.28. The van der Waals surface area contributed by atoms with Crippen molar-refractivity contribution in [2.24, 2.45) is 5.73 Å². The zero-order chi connectivity index (χ0) is 9.68. The van der Waals surface area contributed by atoms with Crippen molar-refractivity contribution >= 4 is 11.8 Å². The smallest absolute Gasteiger partial charge is 0.0203 e. The van der Waals surface area contributed by atoms with E-state index in [-0.39, 0.29) is 0 Å². The van der Waals surface area contributed by atoms with Gasteiger partial charge in [0.25, 0.3) is 0 Å². The Hall–Kier alpha value is 0.0100. The van der Waals surface area contributed by atoms with Gasteiger partial charge in [-0.15, -0.1) is 0 Å². The summed E-state index contributed by atoms with van der Waals surface area (Å²) in [4.78, 5) is 2.46. The molecule has 2 nitrogen and oxygen atoms in total. The summed E-state index contributed by atoms with van der Waals surface area (Å²) in [5, 5.41) is 0.816. The maximum absolute atomic E-state index is 5.52. The number of rotatable bonds is 3. The Balaban J connectivity index is 2.29. The van der Waals surface area contributed by atoms with Crippen LogP contribution in [0.2, 0.25) is 0 Å². The molecular formula is C10H20N2S. The lowest BCUT2D eigenvalue weighted by molar-refractivity contribution is 0.315. The van der Waals surface area contributed by atoms with Crippen molar-refractivity contribution in [2.45, 2.75) is 18.6 Å². The van der Waals surface area contributed by atoms with Gasteiger partial charge in [0.2, 0.25) is 0 Å². The summed E-state index contributed by atoms with van der Waals surface area (Å²) in [5.41, 5.74) is 6.68. The Morgan fingerprint density at radius 3 is 3.08 bits per heavy atom. The van der Waals surface area contributed by atoms with E-state index in [1.165, 1.54) is 25.3 Å². The first-order valence-corrected chi connectivity index (χ1v) is 5.98. The van der Waals surface area contributed by atoms with E-state index < -0.39 is 0 Å². The quantitative estimate of drug-likeness (QED) is 0.697. The summed E-state index contributed by atoms with van der Waals surface area (Å²) in [6, 6.07) is 0. The average Bonchev–Trinajstić information content (AvgIpc) is 2.31. The highest BCUT2D eigenvalue weighted by Gasteiger charge is 2.13. The highest BCUT2D eigenvalue weighted by atomic mass is 32.2. The summed E-state index contributed by atoms with van der Waals surface area (Å²) in [5.74, 6) is 1.25. The van der Waals surface area contributed by atoms with E-state index >= 15 is 0 Å². The minimum Gasteiger partial charge on any atom is -0.327 e. The molecule has 2 N–H and O–H groups in total. The third-order valence-electron chi connectivity index (χ3n) is 2.40. The molecule has 0 amide bonds. The maximum Gasteiger partial charge on any atom is 0.0203 e. The Kier molecular flexibility index (Phi) is 4.84. The lowest BCUT2D eigenvalue weighted by Crippen LogP contribution is -2.29. The molecule has 0 aromatic rings. The minimum absolute atomic E-state index is 0.624. The van der Waals surface area contributed by atoms with Crippen molar-refractivity contribution < 1.29 is 0 Å². The fourth-order valence-corrected chi connectivity index (χ4v) is 2.52. The predicted octanol–water partition coefficient (Wildman–Crippen LogP) is 1.33. The molecule has 13 heavy (non-hydrogen) atoms. The van der Waals surface area contributed by atoms with Crippen LogP contribution in [0.3, 0.4) is 0 Å². The molecule has 0 aromatic carbocycles. The van der Waals surface area contributed by atoms with E-state index in [4.69, 9.17) is 5.73 Å². The molecule has 1 saturated heterocycles. The SMILES string of the molecule is C=C(CN)CN1CCSC(C)CC1. The molecule has 3 heteroatoms. The number of thioether (sulfide) groups is 1. The molecular weight excluding hydrogens is 180 g/mol. The van der Waals surface area contributed by atoms with Crippen LogP contribution in [0.1, 0.15) is 13.3 Å². The summed E-state index contributed by atoms with van der Waals surface area (Å²) >= 11 is 2.07. The van der Waals surface area contributed by atoms with E-state index in [1.54, 1.807) is 0 Å². The van der Waals surface area contributed by atoms with Gasteiger partial charge in [-0.3, -0.25) is 4.90 Å². The van der Waals surface area contributed by atoms with Gasteiger partial charge in [-0.2, -0.15) is 11.8 Å². The third kappa shape index (κ3) is 4.16. The van der Waals surface area contributed by atoms with Gasteiger partial charge in [0, 0.05) is 30.6 Å². The molecule has 0 aromatic heterocycles. The third-order valence-corrected chi connectivity index (χ3v) is 3.62. The van der Waals surface area contributed by atoms with Gasteiger partial charge in [-0.1, -0.05) is 13.5 Å². The van der Waals surface area contributed by atoms with Gasteiger partial charge in [-0.25, -0.2) is 0 Å². The first-order chi connectivity index (χ1) is 6.22. The number of hydrogen-bond acceptors (Lipinski definition) is 3. The van der Waals surface area contributed by atoms with Crippen molar-refractivity contribution in [3.63, 3.8) is 0 Å². The van der Waals surface area contributed by atoms with Gasteiger partial charge in [0.15, 0.2) is 0 Å². The number of nitrogens with zero attached hydrogens (tertiary/aromatic N) is 1. The van der Waals surface area contributed by atoms with Crippen molar-refractivity contribution in [1.29, 1.82) is 0 Å². The second-order valence-electron chi connectivity index (χ2n) is 3.70. The molecule has 1 unspecified atom stereocenters. The summed E-state index contributed by atoms with van der Waals surface area (Å²) in [6.45, 7) is 10.3. The van der Waals surface area contributed by atoms with Gasteiger partial charge in [0.05, 0.1) is 0 Å². The van der Waals surface area contributed by atoms with Crippen LogP contribution >= 0.6 is 11.8 Å². The molecule has 1 rings (SSSR count). The van der Waals surface area contributed by atoms with Crippen LogP contribution in [0, 0.1) is 0 Å². The summed E-state index contributed by atoms with van der Waals surface area (Å²) in [7, 11) is 0. The summed E-state index contributed by atoms with van der Waals surface area (Å²) in [6.07, 6.45) is 1.29. The molecule has 1 fully saturated rings. The molecule has 1 aliphatic rings. The van der Waals surface area contributed by atoms with Crippen molar-refractivity contribution in [2.75, 3.05) is 31.9 Å². The standard InChI is InChI=1S/C10H20N2S/c1-9(7-11)8-12-4-3-10(2)13-6-5-12/h10H,1,3-8,11H2,2H3. The molecule has 0 radical (unpaired) electrons. The lowest BCUT2D eigenvalue weighted by Gasteiger charge is -2.20. The fraction of sp³-hybridized carbons (Fsp3) is 0.800. The molecule has 1 atom stereocenters. The van der Waals surface area contributed by atoms with E-state index in [0.29, 0.717) is 6.54 Å². The second-order valence-corrected chi connectivity index (χ2v) is 5.25. The fourth-order valence-electron chi connectivity index (χ4n) is 1.48. The minimum atomic E-state index is 0.624. The van der Waals surface area contributed by atoms with Crippen LogP contribution in [-0.4, -0.2) is 42.1 Å². The Bertz CT molecular complexity index is 170. The summed E-state index contributed by atoms with van der Waals surface area (Å²) < 4.78 is 0. The zero-order valence-electron chi connectivity index (χ0n) is 8.46. The molecule has 0 saturated carbocycles. The Morgan fingerprint density at radius 2 is 2.38 bits per heavy atom. The molecule has 0 bridgehead atoms. The van der Waals surface area contributed by atoms with Crippen LogP contribution in [0.25, 0.3) is 0 Å². The van der Waals surface area contributed by atoms with Crippen LogP contribution in [0.4, 0.5) is 0 Å². The Labute approximate surface area is 85.6 Å². The van der Waals surface area contributed by atoms with E-state index in [2.05, 4.69) is 30.2 Å². The van der Waals surface area contributed by atoms with Crippen LogP contribution in [-0.2, 0) is 0 Å². The van der Waals surface area contributed by atoms with Crippen LogP contribution in [0.5, 0.6) is 0 Å². The highest BCUT2D eigenvalue weighted by molar-refractivity contribution is 7.99.